The first-order valence-electron chi connectivity index (χ1n) is 5.51. The molecule has 7 heteroatoms. The SMILES string of the molecule is CC(C)NCCNS(=O)(=O)c1c(Cl)cccc1Cl. The average Bonchev–Trinajstić information content (AvgIpc) is 2.23. The smallest absolute Gasteiger partial charge is 0.243 e. The van der Waals surface area contributed by atoms with E-state index in [9.17, 15) is 8.42 Å². The third kappa shape index (κ3) is 4.40. The van der Waals surface area contributed by atoms with E-state index in [0.717, 1.165) is 0 Å². The number of halogens is 2. The van der Waals surface area contributed by atoms with Crippen LogP contribution in [0, 0.1) is 0 Å². The summed E-state index contributed by atoms with van der Waals surface area (Å²) in [6, 6.07) is 4.89. The summed E-state index contributed by atoms with van der Waals surface area (Å²) in [4.78, 5) is -0.0714. The Labute approximate surface area is 118 Å². The van der Waals surface area contributed by atoms with Gasteiger partial charge in [0.1, 0.15) is 4.90 Å². The molecule has 0 heterocycles. The summed E-state index contributed by atoms with van der Waals surface area (Å²) in [6.07, 6.45) is 0. The van der Waals surface area contributed by atoms with Gasteiger partial charge in [-0.1, -0.05) is 43.1 Å². The molecule has 1 aromatic rings. The van der Waals surface area contributed by atoms with Crippen LogP contribution in [-0.2, 0) is 10.0 Å². The first-order chi connectivity index (χ1) is 8.34. The van der Waals surface area contributed by atoms with Gasteiger partial charge in [-0.3, -0.25) is 0 Å². The Balaban J connectivity index is 2.75. The van der Waals surface area contributed by atoms with Crippen LogP contribution in [0.3, 0.4) is 0 Å². The number of hydrogen-bond donors (Lipinski definition) is 2. The molecule has 0 unspecified atom stereocenters. The van der Waals surface area contributed by atoms with Crippen LogP contribution < -0.4 is 10.0 Å². The molecule has 1 rings (SSSR count). The van der Waals surface area contributed by atoms with Crippen molar-refractivity contribution in [2.24, 2.45) is 0 Å². The van der Waals surface area contributed by atoms with Crippen LogP contribution in [0.1, 0.15) is 13.8 Å². The summed E-state index contributed by atoms with van der Waals surface area (Å²) in [7, 11) is -3.67. The zero-order chi connectivity index (χ0) is 13.8. The van der Waals surface area contributed by atoms with E-state index in [1.54, 1.807) is 6.07 Å². The van der Waals surface area contributed by atoms with Crippen LogP contribution in [0.2, 0.25) is 10.0 Å². The highest BCUT2D eigenvalue weighted by Crippen LogP contribution is 2.28. The van der Waals surface area contributed by atoms with Crippen molar-refractivity contribution in [1.82, 2.24) is 10.0 Å². The maximum atomic E-state index is 12.0. The van der Waals surface area contributed by atoms with Crippen LogP contribution in [0.4, 0.5) is 0 Å². The van der Waals surface area contributed by atoms with Crippen molar-refractivity contribution in [1.29, 1.82) is 0 Å². The van der Waals surface area contributed by atoms with Crippen molar-refractivity contribution in [3.63, 3.8) is 0 Å². The van der Waals surface area contributed by atoms with Gasteiger partial charge in [-0.2, -0.15) is 0 Å². The highest BCUT2D eigenvalue weighted by Gasteiger charge is 2.20. The number of rotatable bonds is 6. The maximum Gasteiger partial charge on any atom is 0.243 e. The van der Waals surface area contributed by atoms with Gasteiger partial charge < -0.3 is 5.32 Å². The number of benzene rings is 1. The van der Waals surface area contributed by atoms with Gasteiger partial charge in [-0.05, 0) is 12.1 Å². The van der Waals surface area contributed by atoms with E-state index in [-0.39, 0.29) is 21.5 Å². The maximum absolute atomic E-state index is 12.0. The molecular formula is C11H16Cl2N2O2S. The fourth-order valence-electron chi connectivity index (χ4n) is 1.36. The minimum Gasteiger partial charge on any atom is -0.313 e. The normalized spacial score (nSPS) is 12.1. The Morgan fingerprint density at radius 3 is 2.22 bits per heavy atom. The van der Waals surface area contributed by atoms with E-state index < -0.39 is 10.0 Å². The van der Waals surface area contributed by atoms with Crippen molar-refractivity contribution in [3.8, 4) is 0 Å². The summed E-state index contributed by atoms with van der Waals surface area (Å²) in [6.45, 7) is 4.79. The Morgan fingerprint density at radius 2 is 1.72 bits per heavy atom. The Bertz CT molecular complexity index is 484. The molecule has 0 aromatic heterocycles. The Kier molecular flexibility index (Phi) is 5.88. The first-order valence-corrected chi connectivity index (χ1v) is 7.75. The van der Waals surface area contributed by atoms with Gasteiger partial charge in [0.25, 0.3) is 0 Å². The molecule has 0 saturated carbocycles. The fraction of sp³-hybridized carbons (Fsp3) is 0.455. The largest absolute Gasteiger partial charge is 0.313 e. The quantitative estimate of drug-likeness (QED) is 0.792. The molecule has 0 amide bonds. The molecule has 2 N–H and O–H groups in total. The second kappa shape index (κ2) is 6.73. The second-order valence-electron chi connectivity index (χ2n) is 4.06. The molecule has 102 valence electrons. The molecule has 0 saturated heterocycles. The highest BCUT2D eigenvalue weighted by molar-refractivity contribution is 7.89. The van der Waals surface area contributed by atoms with Gasteiger partial charge in [0.05, 0.1) is 10.0 Å². The molecule has 18 heavy (non-hydrogen) atoms. The first kappa shape index (κ1) is 15.7. The van der Waals surface area contributed by atoms with Crippen molar-refractivity contribution in [2.75, 3.05) is 13.1 Å². The third-order valence-electron chi connectivity index (χ3n) is 2.16. The van der Waals surface area contributed by atoms with Gasteiger partial charge >= 0.3 is 0 Å². The van der Waals surface area contributed by atoms with Gasteiger partial charge in [0.15, 0.2) is 0 Å². The molecule has 0 aliphatic heterocycles. The predicted octanol–water partition coefficient (Wildman–Crippen LogP) is 2.27. The molecule has 0 radical (unpaired) electrons. The molecule has 0 aliphatic carbocycles. The lowest BCUT2D eigenvalue weighted by molar-refractivity contribution is 0.560. The van der Waals surface area contributed by atoms with E-state index in [2.05, 4.69) is 10.0 Å². The molecular weight excluding hydrogens is 295 g/mol. The van der Waals surface area contributed by atoms with Crippen molar-refractivity contribution in [3.05, 3.63) is 28.2 Å². The second-order valence-corrected chi connectivity index (χ2v) is 6.58. The zero-order valence-electron chi connectivity index (χ0n) is 10.2. The van der Waals surface area contributed by atoms with E-state index in [4.69, 9.17) is 23.2 Å². The van der Waals surface area contributed by atoms with E-state index in [1.165, 1.54) is 12.1 Å². The topological polar surface area (TPSA) is 58.2 Å². The number of sulfonamides is 1. The molecule has 0 atom stereocenters. The summed E-state index contributed by atoms with van der Waals surface area (Å²) >= 11 is 11.7. The summed E-state index contributed by atoms with van der Waals surface area (Å²) in [5, 5.41) is 3.34. The van der Waals surface area contributed by atoms with Crippen LogP contribution >= 0.6 is 23.2 Å². The van der Waals surface area contributed by atoms with Crippen LogP contribution in [0.15, 0.2) is 23.1 Å². The Morgan fingerprint density at radius 1 is 1.17 bits per heavy atom. The van der Waals surface area contributed by atoms with E-state index in [0.29, 0.717) is 12.6 Å². The summed E-state index contributed by atoms with van der Waals surface area (Å²) in [5.41, 5.74) is 0. The molecule has 0 bridgehead atoms. The number of nitrogens with one attached hydrogen (secondary N) is 2. The Hall–Kier alpha value is -0.330. The number of hydrogen-bond acceptors (Lipinski definition) is 3. The lowest BCUT2D eigenvalue weighted by atomic mass is 10.4. The third-order valence-corrected chi connectivity index (χ3v) is 4.57. The predicted molar refractivity (Wildman–Crippen MR) is 74.8 cm³/mol. The van der Waals surface area contributed by atoms with Crippen LogP contribution in [0.25, 0.3) is 0 Å². The highest BCUT2D eigenvalue weighted by atomic mass is 35.5. The van der Waals surface area contributed by atoms with E-state index >= 15 is 0 Å². The average molecular weight is 311 g/mol. The van der Waals surface area contributed by atoms with Crippen molar-refractivity contribution >= 4 is 33.2 Å². The monoisotopic (exact) mass is 310 g/mol. The van der Waals surface area contributed by atoms with Crippen molar-refractivity contribution < 1.29 is 8.42 Å². The molecule has 0 fully saturated rings. The standard InChI is InChI=1S/C11H16Cl2N2O2S/c1-8(2)14-6-7-15-18(16,17)11-9(12)4-3-5-10(11)13/h3-5,8,14-15H,6-7H2,1-2H3. The molecule has 1 aromatic carbocycles. The fourth-order valence-corrected chi connectivity index (χ4v) is 3.53. The molecule has 4 nitrogen and oxygen atoms in total. The van der Waals surface area contributed by atoms with E-state index in [1.807, 2.05) is 13.8 Å². The summed E-state index contributed by atoms with van der Waals surface area (Å²) < 4.78 is 26.5. The molecule has 0 spiro atoms. The summed E-state index contributed by atoms with van der Waals surface area (Å²) in [5.74, 6) is 0. The van der Waals surface area contributed by atoms with Crippen molar-refractivity contribution in [2.45, 2.75) is 24.8 Å². The van der Waals surface area contributed by atoms with Gasteiger partial charge in [-0.25, -0.2) is 13.1 Å². The zero-order valence-corrected chi connectivity index (χ0v) is 12.5. The van der Waals surface area contributed by atoms with Crippen LogP contribution in [0.5, 0.6) is 0 Å². The van der Waals surface area contributed by atoms with Gasteiger partial charge in [-0.15, -0.1) is 0 Å². The lowest BCUT2D eigenvalue weighted by Gasteiger charge is -2.11. The van der Waals surface area contributed by atoms with Gasteiger partial charge in [0, 0.05) is 19.1 Å². The minimum absolute atomic E-state index is 0.0714. The van der Waals surface area contributed by atoms with Crippen LogP contribution in [-0.4, -0.2) is 27.5 Å². The lowest BCUT2D eigenvalue weighted by Crippen LogP contribution is -2.34. The van der Waals surface area contributed by atoms with Gasteiger partial charge in [0.2, 0.25) is 10.0 Å². The minimum atomic E-state index is -3.67. The molecule has 0 aliphatic rings.